The van der Waals surface area contributed by atoms with Crippen molar-refractivity contribution in [2.24, 2.45) is 4.99 Å². The first-order chi connectivity index (χ1) is 11.0. The highest BCUT2D eigenvalue weighted by molar-refractivity contribution is 9.10. The Bertz CT molecular complexity index is 791. The number of carbonyl (C=O) groups is 2. The molecule has 2 aromatic carbocycles. The van der Waals surface area contributed by atoms with Crippen LogP contribution in [0.1, 0.15) is 10.4 Å². The number of benzene rings is 2. The summed E-state index contributed by atoms with van der Waals surface area (Å²) < 4.78 is 0.884. The molecule has 1 heterocycles. The third-order valence-electron chi connectivity index (χ3n) is 3.14. The smallest absolute Gasteiger partial charge is 0.273 e. The molecular weight excluding hydrogens is 400 g/mol. The predicted octanol–water partition coefficient (Wildman–Crippen LogP) is 4.38. The van der Waals surface area contributed by atoms with Crippen molar-refractivity contribution in [3.05, 3.63) is 63.6 Å². The molecule has 0 unspecified atom stereocenters. The van der Waals surface area contributed by atoms with Crippen LogP contribution in [0.15, 0.2) is 58.0 Å². The first kappa shape index (κ1) is 16.2. The summed E-state index contributed by atoms with van der Waals surface area (Å²) in [7, 11) is 0. The Morgan fingerprint density at radius 2 is 1.78 bits per heavy atom. The van der Waals surface area contributed by atoms with Crippen LogP contribution in [0.25, 0.3) is 0 Å². The van der Waals surface area contributed by atoms with E-state index in [0.717, 1.165) is 4.47 Å². The van der Waals surface area contributed by atoms with Crippen LogP contribution in [0.3, 0.4) is 0 Å². The molecule has 4 nitrogen and oxygen atoms in total. The fourth-order valence-electron chi connectivity index (χ4n) is 2.03. The standard InChI is InChI=1S/C16H10BrClN2O2S/c17-11-3-1-10(2-4-11)15(22)19-16-20(14(21)9-23-16)13-7-5-12(18)6-8-13/h1-8H,9H2. The molecule has 0 aromatic heterocycles. The Hall–Kier alpha value is -1.63. The van der Waals surface area contributed by atoms with Gasteiger partial charge in [-0.25, -0.2) is 0 Å². The number of hydrogen-bond acceptors (Lipinski definition) is 3. The normalized spacial score (nSPS) is 16.2. The molecule has 116 valence electrons. The average Bonchev–Trinajstić information content (AvgIpc) is 2.89. The zero-order chi connectivity index (χ0) is 16.4. The second-order valence-corrected chi connectivity index (χ2v) is 7.00. The summed E-state index contributed by atoms with van der Waals surface area (Å²) in [5.74, 6) is -0.233. The van der Waals surface area contributed by atoms with Crippen LogP contribution in [0.2, 0.25) is 5.02 Å². The summed E-state index contributed by atoms with van der Waals surface area (Å²) >= 11 is 10.4. The number of rotatable bonds is 2. The minimum atomic E-state index is -0.381. The Morgan fingerprint density at radius 3 is 2.43 bits per heavy atom. The second kappa shape index (κ2) is 6.86. The number of amides is 2. The summed E-state index contributed by atoms with van der Waals surface area (Å²) in [6, 6.07) is 13.8. The van der Waals surface area contributed by atoms with Gasteiger partial charge in [-0.1, -0.05) is 39.3 Å². The van der Waals surface area contributed by atoms with Crippen molar-refractivity contribution in [3.8, 4) is 0 Å². The molecule has 0 bridgehead atoms. The number of anilines is 1. The van der Waals surface area contributed by atoms with Crippen molar-refractivity contribution in [1.29, 1.82) is 0 Å². The van der Waals surface area contributed by atoms with E-state index in [-0.39, 0.29) is 17.6 Å². The van der Waals surface area contributed by atoms with Crippen LogP contribution in [-0.4, -0.2) is 22.7 Å². The van der Waals surface area contributed by atoms with Gasteiger partial charge in [-0.15, -0.1) is 0 Å². The van der Waals surface area contributed by atoms with Crippen LogP contribution in [0.5, 0.6) is 0 Å². The maximum absolute atomic E-state index is 12.3. The zero-order valence-corrected chi connectivity index (χ0v) is 14.9. The molecule has 0 spiro atoms. The molecule has 7 heteroatoms. The van der Waals surface area contributed by atoms with Gasteiger partial charge in [0.25, 0.3) is 5.91 Å². The van der Waals surface area contributed by atoms with Gasteiger partial charge in [0.05, 0.1) is 11.4 Å². The summed E-state index contributed by atoms with van der Waals surface area (Å²) in [6.07, 6.45) is 0. The lowest BCUT2D eigenvalue weighted by Crippen LogP contribution is -2.29. The predicted molar refractivity (Wildman–Crippen MR) is 97.3 cm³/mol. The van der Waals surface area contributed by atoms with E-state index in [9.17, 15) is 9.59 Å². The Balaban J connectivity index is 1.90. The van der Waals surface area contributed by atoms with Crippen molar-refractivity contribution in [3.63, 3.8) is 0 Å². The Morgan fingerprint density at radius 1 is 1.13 bits per heavy atom. The second-order valence-electron chi connectivity index (χ2n) is 4.70. The highest BCUT2D eigenvalue weighted by atomic mass is 79.9. The molecule has 23 heavy (non-hydrogen) atoms. The van der Waals surface area contributed by atoms with Gasteiger partial charge >= 0.3 is 0 Å². The molecular formula is C16H10BrClN2O2S. The molecule has 0 aliphatic carbocycles. The highest BCUT2D eigenvalue weighted by Gasteiger charge is 2.30. The molecule has 3 rings (SSSR count). The van der Waals surface area contributed by atoms with Crippen LogP contribution >= 0.6 is 39.3 Å². The van der Waals surface area contributed by atoms with E-state index in [4.69, 9.17) is 11.6 Å². The summed E-state index contributed by atoms with van der Waals surface area (Å²) in [5, 5.41) is 0.961. The Labute approximate surface area is 150 Å². The quantitative estimate of drug-likeness (QED) is 0.739. The molecule has 2 aromatic rings. The lowest BCUT2D eigenvalue weighted by atomic mass is 10.2. The maximum atomic E-state index is 12.3. The number of hydrogen-bond donors (Lipinski definition) is 0. The minimum Gasteiger partial charge on any atom is -0.273 e. The van der Waals surface area contributed by atoms with Crippen molar-refractivity contribution < 1.29 is 9.59 Å². The Kier molecular flexibility index (Phi) is 4.84. The van der Waals surface area contributed by atoms with Crippen molar-refractivity contribution in [2.45, 2.75) is 0 Å². The molecule has 1 fully saturated rings. The van der Waals surface area contributed by atoms with E-state index in [0.29, 0.717) is 21.4 Å². The minimum absolute atomic E-state index is 0.111. The van der Waals surface area contributed by atoms with Crippen molar-refractivity contribution in [2.75, 3.05) is 10.7 Å². The molecule has 1 saturated heterocycles. The lowest BCUT2D eigenvalue weighted by Gasteiger charge is -2.15. The van der Waals surface area contributed by atoms with Gasteiger partial charge in [-0.2, -0.15) is 4.99 Å². The van der Waals surface area contributed by atoms with E-state index >= 15 is 0 Å². The van der Waals surface area contributed by atoms with Crippen LogP contribution in [-0.2, 0) is 4.79 Å². The summed E-state index contributed by atoms with van der Waals surface area (Å²) in [5.41, 5.74) is 1.11. The van der Waals surface area contributed by atoms with E-state index in [2.05, 4.69) is 20.9 Å². The van der Waals surface area contributed by atoms with Gasteiger partial charge in [-0.05, 0) is 48.5 Å². The highest BCUT2D eigenvalue weighted by Crippen LogP contribution is 2.28. The number of carbonyl (C=O) groups excluding carboxylic acids is 2. The number of thioether (sulfide) groups is 1. The topological polar surface area (TPSA) is 49.7 Å². The average molecular weight is 410 g/mol. The van der Waals surface area contributed by atoms with Gasteiger partial charge in [0.1, 0.15) is 0 Å². The molecule has 2 amide bonds. The fraction of sp³-hybridized carbons (Fsp3) is 0.0625. The number of aliphatic imine (C=N–C) groups is 1. The molecule has 0 radical (unpaired) electrons. The molecule has 1 aliphatic heterocycles. The largest absolute Gasteiger partial charge is 0.279 e. The van der Waals surface area contributed by atoms with E-state index in [1.165, 1.54) is 16.7 Å². The van der Waals surface area contributed by atoms with Crippen molar-refractivity contribution >= 4 is 62.0 Å². The van der Waals surface area contributed by atoms with Gasteiger partial charge in [0, 0.05) is 15.1 Å². The van der Waals surface area contributed by atoms with E-state index in [1.54, 1.807) is 48.5 Å². The number of nitrogens with zero attached hydrogens (tertiary/aromatic N) is 2. The van der Waals surface area contributed by atoms with Gasteiger partial charge in [-0.3, -0.25) is 14.5 Å². The molecule has 0 atom stereocenters. The van der Waals surface area contributed by atoms with Crippen LogP contribution in [0.4, 0.5) is 5.69 Å². The van der Waals surface area contributed by atoms with E-state index in [1.807, 2.05) is 0 Å². The third kappa shape index (κ3) is 3.65. The third-order valence-corrected chi connectivity index (χ3v) is 4.84. The number of amidine groups is 1. The van der Waals surface area contributed by atoms with Gasteiger partial charge < -0.3 is 0 Å². The zero-order valence-electron chi connectivity index (χ0n) is 11.7. The summed E-state index contributed by atoms with van der Waals surface area (Å²) in [6.45, 7) is 0. The first-order valence-electron chi connectivity index (χ1n) is 6.64. The lowest BCUT2D eigenvalue weighted by molar-refractivity contribution is -0.115. The SMILES string of the molecule is O=C(N=C1SCC(=O)N1c1ccc(Cl)cc1)c1ccc(Br)cc1. The van der Waals surface area contributed by atoms with Gasteiger partial charge in [0.2, 0.25) is 5.91 Å². The fourth-order valence-corrected chi connectivity index (χ4v) is 3.29. The number of halogens is 2. The van der Waals surface area contributed by atoms with Crippen molar-refractivity contribution in [1.82, 2.24) is 0 Å². The molecule has 0 N–H and O–H groups in total. The van der Waals surface area contributed by atoms with Gasteiger partial charge in [0.15, 0.2) is 5.17 Å². The maximum Gasteiger partial charge on any atom is 0.279 e. The van der Waals surface area contributed by atoms with Crippen LogP contribution in [0, 0.1) is 0 Å². The molecule has 1 aliphatic rings. The van der Waals surface area contributed by atoms with E-state index < -0.39 is 0 Å². The monoisotopic (exact) mass is 408 g/mol. The summed E-state index contributed by atoms with van der Waals surface area (Å²) in [4.78, 5) is 29.9. The molecule has 0 saturated carbocycles. The first-order valence-corrected chi connectivity index (χ1v) is 8.80. The van der Waals surface area contributed by atoms with Crippen LogP contribution < -0.4 is 4.90 Å².